The Bertz CT molecular complexity index is 386. The Kier molecular flexibility index (Phi) is 5.08. The molecule has 2 aliphatic heterocycles. The van der Waals surface area contributed by atoms with E-state index in [-0.39, 0.29) is 17.9 Å². The van der Waals surface area contributed by atoms with Crippen molar-refractivity contribution in [2.75, 3.05) is 39.3 Å². The van der Waals surface area contributed by atoms with Crippen LogP contribution in [0.25, 0.3) is 0 Å². The third-order valence-electron chi connectivity index (χ3n) is 3.85. The van der Waals surface area contributed by atoms with Crippen LogP contribution in [0, 0.1) is 5.92 Å². The van der Waals surface area contributed by atoms with Gasteiger partial charge in [0.25, 0.3) is 0 Å². The van der Waals surface area contributed by atoms with Crippen LogP contribution in [0.15, 0.2) is 0 Å². The van der Waals surface area contributed by atoms with Crippen molar-refractivity contribution in [3.8, 4) is 0 Å². The van der Waals surface area contributed by atoms with Crippen molar-refractivity contribution in [1.82, 2.24) is 15.1 Å². The summed E-state index contributed by atoms with van der Waals surface area (Å²) in [7, 11) is 0. The number of nitrogens with zero attached hydrogens (tertiary/aromatic N) is 2. The van der Waals surface area contributed by atoms with Crippen molar-refractivity contribution in [3.05, 3.63) is 0 Å². The minimum atomic E-state index is -0.493. The minimum Gasteiger partial charge on any atom is -0.444 e. The van der Waals surface area contributed by atoms with Gasteiger partial charge >= 0.3 is 6.09 Å². The molecule has 21 heavy (non-hydrogen) atoms. The second kappa shape index (κ2) is 6.64. The summed E-state index contributed by atoms with van der Waals surface area (Å²) in [6.07, 6.45) is 1.42. The van der Waals surface area contributed by atoms with Crippen molar-refractivity contribution in [3.63, 3.8) is 0 Å². The molecule has 0 spiro atoms. The van der Waals surface area contributed by atoms with Gasteiger partial charge < -0.3 is 19.9 Å². The Labute approximate surface area is 126 Å². The van der Waals surface area contributed by atoms with Gasteiger partial charge in [-0.3, -0.25) is 4.79 Å². The highest BCUT2D eigenvalue weighted by Gasteiger charge is 2.33. The van der Waals surface area contributed by atoms with Gasteiger partial charge in [0.05, 0.1) is 5.92 Å². The fraction of sp³-hybridized carbons (Fsp3) is 0.867. The van der Waals surface area contributed by atoms with Gasteiger partial charge in [0.15, 0.2) is 0 Å². The first-order valence-electron chi connectivity index (χ1n) is 7.84. The number of carbonyl (C=O) groups excluding carboxylic acids is 2. The summed E-state index contributed by atoms with van der Waals surface area (Å²) in [6.45, 7) is 9.98. The standard InChI is InChI=1S/C15H27N3O3/c1-15(2,3)21-14(20)18-8-4-5-12(11-18)13(19)17-9-6-16-7-10-17/h12,16H,4-11H2,1-3H3/t12-/m0/s1. The smallest absolute Gasteiger partial charge is 0.410 e. The number of ether oxygens (including phenoxy) is 1. The fourth-order valence-corrected chi connectivity index (χ4v) is 2.81. The third kappa shape index (κ3) is 4.59. The molecule has 2 fully saturated rings. The zero-order chi connectivity index (χ0) is 15.5. The summed E-state index contributed by atoms with van der Waals surface area (Å²) in [5.74, 6) is 0.106. The predicted octanol–water partition coefficient (Wildman–Crippen LogP) is 1.07. The topological polar surface area (TPSA) is 61.9 Å². The molecular weight excluding hydrogens is 270 g/mol. The predicted molar refractivity (Wildman–Crippen MR) is 80.0 cm³/mol. The molecule has 2 heterocycles. The van der Waals surface area contributed by atoms with E-state index >= 15 is 0 Å². The van der Waals surface area contributed by atoms with Crippen LogP contribution in [0.4, 0.5) is 4.79 Å². The van der Waals surface area contributed by atoms with Crippen LogP contribution in [-0.4, -0.2) is 66.7 Å². The van der Waals surface area contributed by atoms with Gasteiger partial charge in [-0.25, -0.2) is 4.79 Å². The molecule has 6 heteroatoms. The number of rotatable bonds is 1. The molecule has 0 aromatic rings. The van der Waals surface area contributed by atoms with Crippen molar-refractivity contribution in [2.24, 2.45) is 5.92 Å². The molecule has 6 nitrogen and oxygen atoms in total. The van der Waals surface area contributed by atoms with Gasteiger partial charge in [0, 0.05) is 39.3 Å². The first kappa shape index (κ1) is 16.1. The molecule has 120 valence electrons. The summed E-state index contributed by atoms with van der Waals surface area (Å²) < 4.78 is 5.40. The van der Waals surface area contributed by atoms with E-state index in [1.807, 2.05) is 25.7 Å². The normalized spacial score (nSPS) is 23.9. The fourth-order valence-electron chi connectivity index (χ4n) is 2.81. The van der Waals surface area contributed by atoms with Gasteiger partial charge in [0.1, 0.15) is 5.60 Å². The van der Waals surface area contributed by atoms with E-state index in [4.69, 9.17) is 4.74 Å². The molecule has 0 radical (unpaired) electrons. The van der Waals surface area contributed by atoms with E-state index < -0.39 is 5.60 Å². The number of hydrogen-bond donors (Lipinski definition) is 1. The van der Waals surface area contributed by atoms with Crippen LogP contribution in [0.3, 0.4) is 0 Å². The molecule has 1 atom stereocenters. The van der Waals surface area contributed by atoms with Crippen LogP contribution in [0.2, 0.25) is 0 Å². The van der Waals surface area contributed by atoms with Crippen LogP contribution in [0.5, 0.6) is 0 Å². The highest BCUT2D eigenvalue weighted by molar-refractivity contribution is 5.80. The second-order valence-electron chi connectivity index (χ2n) is 6.84. The van der Waals surface area contributed by atoms with Crippen LogP contribution < -0.4 is 5.32 Å². The molecule has 0 bridgehead atoms. The number of carbonyl (C=O) groups is 2. The quantitative estimate of drug-likeness (QED) is 0.786. The molecule has 2 amide bonds. The lowest BCUT2D eigenvalue weighted by atomic mass is 9.96. The first-order chi connectivity index (χ1) is 9.87. The van der Waals surface area contributed by atoms with E-state index in [1.165, 1.54) is 0 Å². The lowest BCUT2D eigenvalue weighted by Gasteiger charge is -2.36. The lowest BCUT2D eigenvalue weighted by Crippen LogP contribution is -2.52. The molecule has 0 aromatic carbocycles. The number of piperazine rings is 1. The van der Waals surface area contributed by atoms with E-state index in [0.29, 0.717) is 13.1 Å². The zero-order valence-electron chi connectivity index (χ0n) is 13.4. The maximum Gasteiger partial charge on any atom is 0.410 e. The van der Waals surface area contributed by atoms with E-state index in [2.05, 4.69) is 5.32 Å². The van der Waals surface area contributed by atoms with E-state index in [9.17, 15) is 9.59 Å². The third-order valence-corrected chi connectivity index (χ3v) is 3.85. The number of nitrogens with one attached hydrogen (secondary N) is 1. The molecule has 2 aliphatic rings. The molecule has 1 N–H and O–H groups in total. The van der Waals surface area contributed by atoms with Gasteiger partial charge in [-0.05, 0) is 33.6 Å². The Morgan fingerprint density at radius 2 is 1.76 bits per heavy atom. The van der Waals surface area contributed by atoms with Crippen LogP contribution >= 0.6 is 0 Å². The largest absolute Gasteiger partial charge is 0.444 e. The minimum absolute atomic E-state index is 0.0793. The van der Waals surface area contributed by atoms with Gasteiger partial charge in [-0.15, -0.1) is 0 Å². The van der Waals surface area contributed by atoms with Gasteiger partial charge in [0.2, 0.25) is 5.91 Å². The van der Waals surface area contributed by atoms with E-state index in [0.717, 1.165) is 39.0 Å². The average Bonchev–Trinajstić information content (AvgIpc) is 2.46. The Morgan fingerprint density at radius 3 is 2.38 bits per heavy atom. The maximum absolute atomic E-state index is 12.5. The van der Waals surface area contributed by atoms with Crippen LogP contribution in [0.1, 0.15) is 33.6 Å². The monoisotopic (exact) mass is 297 g/mol. The number of piperidine rings is 1. The molecule has 0 saturated carbocycles. The molecule has 0 unspecified atom stereocenters. The molecular formula is C15H27N3O3. The Balaban J connectivity index is 1.90. The highest BCUT2D eigenvalue weighted by atomic mass is 16.6. The van der Waals surface area contributed by atoms with Crippen LogP contribution in [-0.2, 0) is 9.53 Å². The zero-order valence-corrected chi connectivity index (χ0v) is 13.4. The summed E-state index contributed by atoms with van der Waals surface area (Å²) in [6, 6.07) is 0. The number of hydrogen-bond acceptors (Lipinski definition) is 4. The Hall–Kier alpha value is -1.30. The maximum atomic E-state index is 12.5. The number of likely N-dealkylation sites (tertiary alicyclic amines) is 1. The molecule has 0 aromatic heterocycles. The molecule has 0 aliphatic carbocycles. The first-order valence-corrected chi connectivity index (χ1v) is 7.84. The Morgan fingerprint density at radius 1 is 1.10 bits per heavy atom. The summed E-state index contributed by atoms with van der Waals surface area (Å²) in [5, 5.41) is 3.25. The second-order valence-corrected chi connectivity index (χ2v) is 6.84. The lowest BCUT2D eigenvalue weighted by molar-refractivity contribution is -0.137. The van der Waals surface area contributed by atoms with Crippen molar-refractivity contribution in [2.45, 2.75) is 39.2 Å². The summed E-state index contributed by atoms with van der Waals surface area (Å²) in [5.41, 5.74) is -0.493. The van der Waals surface area contributed by atoms with Crippen molar-refractivity contribution in [1.29, 1.82) is 0 Å². The summed E-state index contributed by atoms with van der Waals surface area (Å²) in [4.78, 5) is 28.2. The van der Waals surface area contributed by atoms with Crippen molar-refractivity contribution >= 4 is 12.0 Å². The highest BCUT2D eigenvalue weighted by Crippen LogP contribution is 2.21. The van der Waals surface area contributed by atoms with Crippen molar-refractivity contribution < 1.29 is 14.3 Å². The summed E-state index contributed by atoms with van der Waals surface area (Å²) >= 11 is 0. The molecule has 2 rings (SSSR count). The SMILES string of the molecule is CC(C)(C)OC(=O)N1CCC[C@H](C(=O)N2CCNCC2)C1. The average molecular weight is 297 g/mol. The number of amides is 2. The van der Waals surface area contributed by atoms with E-state index in [1.54, 1.807) is 4.90 Å². The van der Waals surface area contributed by atoms with Gasteiger partial charge in [-0.2, -0.15) is 0 Å². The molecule has 2 saturated heterocycles. The van der Waals surface area contributed by atoms with Gasteiger partial charge in [-0.1, -0.05) is 0 Å².